The Morgan fingerprint density at radius 3 is 0.0722 bits per heavy atom. The molecule has 0 saturated heterocycles. The molecule has 0 bridgehead atoms. The van der Waals surface area contributed by atoms with Gasteiger partial charge in [-0.05, 0) is 5.41 Å². The maximum atomic E-state index is 3.00. The average molecular weight is 1440 g/mol. The monoisotopic (exact) mass is 1440 g/mol. The van der Waals surface area contributed by atoms with Crippen molar-refractivity contribution < 1.29 is 0 Å². The maximum absolute atomic E-state index is 3.00. The molecule has 0 heteroatoms. The first-order valence-corrected chi connectivity index (χ1v) is 44.5. The van der Waals surface area contributed by atoms with E-state index in [9.17, 15) is 0 Å². The van der Waals surface area contributed by atoms with Crippen molar-refractivity contribution in [2.24, 2.45) is 5.41 Å². The molecule has 0 aromatic carbocycles. The Morgan fingerprint density at radius 2 is 0.0722 bits per heavy atom. The van der Waals surface area contributed by atoms with Gasteiger partial charge in [-0.3, -0.25) is 0 Å². The number of hydrogen-bond donors (Lipinski definition) is 0. The van der Waals surface area contributed by atoms with E-state index in [1.54, 1.807) is 0 Å². The Kier molecular flexibility index (Phi) is 175000. The Labute approximate surface area is 661 Å². The normalized spacial score (nSPS) is 3.32. The summed E-state index contributed by atoms with van der Waals surface area (Å²) < 4.78 is 0. The van der Waals surface area contributed by atoms with Crippen LogP contribution >= 0.6 is 0 Å². The van der Waals surface area contributed by atoms with Crippen molar-refractivity contribution in [1.82, 2.24) is 0 Å². The fourth-order valence-electron chi connectivity index (χ4n) is 0. The molecule has 0 aliphatic carbocycles. The van der Waals surface area contributed by atoms with Crippen LogP contribution in [-0.4, -0.2) is 0 Å². The van der Waals surface area contributed by atoms with Gasteiger partial charge < -0.3 is 0 Å². The van der Waals surface area contributed by atoms with E-state index in [4.69, 9.17) is 0 Å². The lowest BCUT2D eigenvalue weighted by Gasteiger charge is -2.05. The van der Waals surface area contributed by atoms with Crippen molar-refractivity contribution in [2.75, 3.05) is 0 Å². The molecule has 0 nitrogen and oxygen atoms in total. The third-order valence-electron chi connectivity index (χ3n) is 0. The van der Waals surface area contributed by atoms with Crippen LogP contribution in [0.25, 0.3) is 0 Å². The van der Waals surface area contributed by atoms with E-state index in [1.807, 2.05) is 540 Å². The molecule has 0 saturated carbocycles. The maximum Gasteiger partial charge on any atom is -0.0411 e. The minimum Gasteiger partial charge on any atom is -0.106 e. The second-order valence-corrected chi connectivity index (χ2v) is 3.00. The Morgan fingerprint density at radius 1 is 0.0722 bits per heavy atom. The molecular formula is C97H274. The molecule has 0 aromatic heterocycles. The molecule has 0 spiro atoms. The first-order chi connectivity index (χ1) is 48.0. The van der Waals surface area contributed by atoms with Gasteiger partial charge in [0.1, 0.15) is 0 Å². The summed E-state index contributed by atoms with van der Waals surface area (Å²) in [5, 5.41) is 0. The van der Waals surface area contributed by atoms with E-state index in [1.165, 1.54) is 0 Å². The lowest BCUT2D eigenvalue weighted by atomic mass is 10.0. The van der Waals surface area contributed by atoms with E-state index in [-0.39, 0.29) is 0 Å². The van der Waals surface area contributed by atoms with Gasteiger partial charge in [0.2, 0.25) is 0 Å². The van der Waals surface area contributed by atoms with E-state index in [0.29, 0.717) is 5.41 Å². The van der Waals surface area contributed by atoms with E-state index >= 15 is 0 Å². The summed E-state index contributed by atoms with van der Waals surface area (Å²) in [4.78, 5) is 0. The molecule has 0 aliphatic rings. The lowest BCUT2D eigenvalue weighted by Crippen LogP contribution is -1.93. The molecule has 0 N–H and O–H groups in total. The SMILES string of the molecule is C=C.C=C.C=C.C=C.C=C.C=C.C=C.CC.CC.CC.CC.CC.CC.CC.CC.CC.CC.CC.CC.CC.CC.CC.CC.CC.CC.CC.CC.CC.CC.CC.CC.CC.CC.CC.CC.CC.CC.CC.CC.CC.CC.CC.CC.CC.CC.CC.CC(C)(C)C. The fraction of sp³-hybridized carbons (Fsp3) is 0.856. The van der Waals surface area contributed by atoms with Gasteiger partial charge in [-0.2, -0.15) is 0 Å². The smallest absolute Gasteiger partial charge is 0.0411 e. The van der Waals surface area contributed by atoms with Crippen molar-refractivity contribution in [3.05, 3.63) is 92.1 Å². The Bertz CT molecular complexity index is 61.1. The zero-order valence-electron chi connectivity index (χ0n) is 92.4. The van der Waals surface area contributed by atoms with Crippen LogP contribution in [0.5, 0.6) is 0 Å². The molecule has 0 unspecified atom stereocenters. The molecule has 0 fully saturated rings. The highest BCUT2D eigenvalue weighted by atomic mass is 14.0. The van der Waals surface area contributed by atoms with Crippen molar-refractivity contribution in [3.8, 4) is 0 Å². The van der Waals surface area contributed by atoms with Crippen LogP contribution in [0.4, 0.5) is 0 Å². The highest BCUT2D eigenvalue weighted by Crippen LogP contribution is 2.08. The number of hydrogen-bond acceptors (Lipinski definition) is 0. The Balaban J connectivity index is -0.00000000586. The molecule has 0 atom stereocenters. The zero-order valence-corrected chi connectivity index (χ0v) is 92.4. The van der Waals surface area contributed by atoms with Gasteiger partial charge in [-0.15, -0.1) is 92.1 Å². The highest BCUT2D eigenvalue weighted by Gasteiger charge is 1.95. The second kappa shape index (κ2) is 46800. The molecule has 0 radical (unpaired) electrons. The molecule has 662 valence electrons. The van der Waals surface area contributed by atoms with Crippen LogP contribution in [0.15, 0.2) is 92.1 Å². The van der Waals surface area contributed by atoms with E-state index < -0.39 is 0 Å². The molecular weight excluding hydrogens is 1170 g/mol. The summed E-state index contributed by atoms with van der Waals surface area (Å²) in [7, 11) is 0. The molecule has 0 rings (SSSR count). The van der Waals surface area contributed by atoms with Gasteiger partial charge in [-0.25, -0.2) is 0 Å². The lowest BCUT2D eigenvalue weighted by molar-refractivity contribution is 0.469. The van der Waals surface area contributed by atoms with E-state index in [2.05, 4.69) is 120 Å². The van der Waals surface area contributed by atoms with Gasteiger partial charge in [-0.1, -0.05) is 568 Å². The number of rotatable bonds is 0. The molecule has 97 heavy (non-hydrogen) atoms. The van der Waals surface area contributed by atoms with Crippen molar-refractivity contribution in [3.63, 3.8) is 0 Å². The third-order valence-corrected chi connectivity index (χ3v) is 0. The molecule has 0 aromatic rings. The van der Waals surface area contributed by atoms with Crippen LogP contribution in [0.3, 0.4) is 0 Å². The molecule has 0 heterocycles. The molecule has 0 amide bonds. The first-order valence-electron chi connectivity index (χ1n) is 44.5. The highest BCUT2D eigenvalue weighted by molar-refractivity contribution is 4.47. The minimum atomic E-state index is 0.500. The predicted molar refractivity (Wildman–Crippen MR) is 546 cm³/mol. The second-order valence-electron chi connectivity index (χ2n) is 3.00. The van der Waals surface area contributed by atoms with Crippen LogP contribution in [-0.2, 0) is 0 Å². The van der Waals surface area contributed by atoms with Gasteiger partial charge in [0.25, 0.3) is 0 Å². The fourth-order valence-corrected chi connectivity index (χ4v) is 0. The zero-order chi connectivity index (χ0) is 96.5. The minimum absolute atomic E-state index is 0.500. The quantitative estimate of drug-likeness (QED) is 0.212. The summed E-state index contributed by atoms with van der Waals surface area (Å²) in [5.74, 6) is 0. The van der Waals surface area contributed by atoms with Gasteiger partial charge in [0, 0.05) is 0 Å². The van der Waals surface area contributed by atoms with Crippen LogP contribution in [0, 0.1) is 5.41 Å². The van der Waals surface area contributed by atoms with Gasteiger partial charge in [0.15, 0.2) is 0 Å². The third kappa shape index (κ3) is 242000. The largest absolute Gasteiger partial charge is 0.106 e. The van der Waals surface area contributed by atoms with Crippen molar-refractivity contribution in [2.45, 2.75) is 568 Å². The Hall–Kier alpha value is -1.82. The predicted octanol–water partition coefficient (Wildman–Crippen LogP) is 47.7. The summed E-state index contributed by atoms with van der Waals surface area (Å²) in [6, 6.07) is 0. The van der Waals surface area contributed by atoms with Crippen LogP contribution in [0.2, 0.25) is 0 Å². The van der Waals surface area contributed by atoms with Crippen LogP contribution < -0.4 is 0 Å². The summed E-state index contributed by atoms with van der Waals surface area (Å²) >= 11 is 0. The molecule has 0 aliphatic heterocycles. The topological polar surface area (TPSA) is 0 Å². The van der Waals surface area contributed by atoms with Gasteiger partial charge >= 0.3 is 0 Å². The first kappa shape index (κ1) is 364. The van der Waals surface area contributed by atoms with Crippen molar-refractivity contribution >= 4 is 0 Å². The summed E-state index contributed by atoms with van der Waals surface area (Å²) in [6.07, 6.45) is 0. The average Bonchev–Trinajstić information content (AvgIpc) is 3.82. The van der Waals surface area contributed by atoms with E-state index in [0.717, 1.165) is 0 Å². The summed E-state index contributed by atoms with van der Waals surface area (Å²) in [6.45, 7) is 207. The van der Waals surface area contributed by atoms with Crippen molar-refractivity contribution in [1.29, 1.82) is 0 Å². The van der Waals surface area contributed by atoms with Crippen LogP contribution in [0.1, 0.15) is 568 Å². The summed E-state index contributed by atoms with van der Waals surface area (Å²) in [5.41, 5.74) is 0.500. The van der Waals surface area contributed by atoms with Gasteiger partial charge in [0.05, 0.1) is 0 Å². The standard InChI is InChI=1S/C5H12.39C2H6.7C2H4/c1-5(2,3)4;46*1-2/h1-4H3;39*1-2H3;7*1-2H2.